The molecule has 1 heterocycles. The Morgan fingerprint density at radius 3 is 2.53 bits per heavy atom. The Morgan fingerprint density at radius 1 is 1.42 bits per heavy atom. The Balaban J connectivity index is 2.77. The molecular weight excluding hydrogens is 256 g/mol. The number of hydrogen-bond donors (Lipinski definition) is 1. The second-order valence-corrected chi connectivity index (χ2v) is 6.94. The van der Waals surface area contributed by atoms with E-state index in [1.165, 1.54) is 4.88 Å². The SMILES string of the molecule is COC(C)(C)CC(CN)N(Cc1cccs1)C(C)C. The summed E-state index contributed by atoms with van der Waals surface area (Å²) in [5, 5.41) is 2.13. The highest BCUT2D eigenvalue weighted by molar-refractivity contribution is 7.09. The second kappa shape index (κ2) is 7.39. The molecule has 110 valence electrons. The van der Waals surface area contributed by atoms with E-state index in [-0.39, 0.29) is 5.60 Å². The van der Waals surface area contributed by atoms with Crippen LogP contribution in [0.1, 0.15) is 39.0 Å². The molecule has 1 rings (SSSR count). The Labute approximate surface area is 121 Å². The van der Waals surface area contributed by atoms with E-state index in [1.807, 2.05) is 0 Å². The molecule has 0 saturated heterocycles. The van der Waals surface area contributed by atoms with Crippen molar-refractivity contribution in [1.29, 1.82) is 0 Å². The number of rotatable bonds is 8. The first kappa shape index (κ1) is 16.6. The van der Waals surface area contributed by atoms with E-state index >= 15 is 0 Å². The maximum absolute atomic E-state index is 6.01. The van der Waals surface area contributed by atoms with Crippen molar-refractivity contribution in [2.75, 3.05) is 13.7 Å². The van der Waals surface area contributed by atoms with Gasteiger partial charge in [0.05, 0.1) is 5.60 Å². The van der Waals surface area contributed by atoms with E-state index in [0.717, 1.165) is 13.0 Å². The third-order valence-corrected chi connectivity index (χ3v) is 4.46. The van der Waals surface area contributed by atoms with Crippen LogP contribution in [0.5, 0.6) is 0 Å². The highest BCUT2D eigenvalue weighted by atomic mass is 32.1. The Bertz CT molecular complexity index is 349. The average Bonchev–Trinajstić information content (AvgIpc) is 2.86. The minimum absolute atomic E-state index is 0.132. The number of nitrogens with two attached hydrogens (primary N) is 1. The zero-order valence-corrected chi connectivity index (χ0v) is 13.7. The number of thiophene rings is 1. The quantitative estimate of drug-likeness (QED) is 0.797. The number of ether oxygens (including phenoxy) is 1. The number of hydrogen-bond acceptors (Lipinski definition) is 4. The molecule has 0 spiro atoms. The fraction of sp³-hybridized carbons (Fsp3) is 0.733. The van der Waals surface area contributed by atoms with Gasteiger partial charge in [0.15, 0.2) is 0 Å². The summed E-state index contributed by atoms with van der Waals surface area (Å²) < 4.78 is 5.56. The summed E-state index contributed by atoms with van der Waals surface area (Å²) in [7, 11) is 1.77. The summed E-state index contributed by atoms with van der Waals surface area (Å²) in [4.78, 5) is 3.87. The fourth-order valence-corrected chi connectivity index (χ4v) is 3.02. The zero-order chi connectivity index (χ0) is 14.5. The summed E-state index contributed by atoms with van der Waals surface area (Å²) in [6.07, 6.45) is 0.948. The van der Waals surface area contributed by atoms with Gasteiger partial charge >= 0.3 is 0 Å². The summed E-state index contributed by atoms with van der Waals surface area (Å²) in [5.41, 5.74) is 5.88. The zero-order valence-electron chi connectivity index (χ0n) is 12.8. The van der Waals surface area contributed by atoms with Gasteiger partial charge in [-0.3, -0.25) is 4.90 Å². The van der Waals surface area contributed by atoms with Crippen molar-refractivity contribution in [2.24, 2.45) is 5.73 Å². The van der Waals surface area contributed by atoms with E-state index in [1.54, 1.807) is 18.4 Å². The van der Waals surface area contributed by atoms with E-state index in [9.17, 15) is 0 Å². The van der Waals surface area contributed by atoms with Crippen molar-refractivity contribution in [3.8, 4) is 0 Å². The van der Waals surface area contributed by atoms with E-state index in [4.69, 9.17) is 10.5 Å². The summed E-state index contributed by atoms with van der Waals surface area (Å²) in [6.45, 7) is 10.3. The fourth-order valence-electron chi connectivity index (χ4n) is 2.30. The molecule has 0 aliphatic carbocycles. The average molecular weight is 284 g/mol. The van der Waals surface area contributed by atoms with Crippen LogP contribution in [-0.4, -0.2) is 36.2 Å². The van der Waals surface area contributed by atoms with Crippen LogP contribution in [0, 0.1) is 0 Å². The molecule has 0 fully saturated rings. The van der Waals surface area contributed by atoms with Gasteiger partial charge in [-0.25, -0.2) is 0 Å². The first-order valence-corrected chi connectivity index (χ1v) is 7.81. The molecule has 0 aromatic carbocycles. The minimum atomic E-state index is -0.132. The predicted molar refractivity (Wildman–Crippen MR) is 83.5 cm³/mol. The molecule has 0 aliphatic rings. The van der Waals surface area contributed by atoms with Crippen LogP contribution in [0.4, 0.5) is 0 Å². The van der Waals surface area contributed by atoms with E-state index in [0.29, 0.717) is 18.6 Å². The third-order valence-electron chi connectivity index (χ3n) is 3.60. The lowest BCUT2D eigenvalue weighted by Crippen LogP contribution is -2.47. The number of nitrogens with zero attached hydrogens (tertiary/aromatic N) is 1. The molecule has 3 nitrogen and oxygen atoms in total. The topological polar surface area (TPSA) is 38.5 Å². The van der Waals surface area contributed by atoms with Crippen LogP contribution in [0.2, 0.25) is 0 Å². The monoisotopic (exact) mass is 284 g/mol. The maximum Gasteiger partial charge on any atom is 0.0638 e. The highest BCUT2D eigenvalue weighted by Gasteiger charge is 2.28. The molecule has 1 aromatic heterocycles. The standard InChI is InChI=1S/C15H28N2OS/c1-12(2)17(11-14-7-6-8-19-14)13(10-16)9-15(3,4)18-5/h6-8,12-13H,9-11,16H2,1-5H3. The molecule has 19 heavy (non-hydrogen) atoms. The molecule has 4 heteroatoms. The smallest absolute Gasteiger partial charge is 0.0638 e. The predicted octanol–water partition coefficient (Wildman–Crippen LogP) is 3.10. The van der Waals surface area contributed by atoms with Crippen molar-refractivity contribution in [1.82, 2.24) is 4.90 Å². The van der Waals surface area contributed by atoms with E-state index in [2.05, 4.69) is 50.1 Å². The first-order chi connectivity index (χ1) is 8.89. The van der Waals surface area contributed by atoms with Crippen molar-refractivity contribution in [3.05, 3.63) is 22.4 Å². The lowest BCUT2D eigenvalue weighted by atomic mass is 9.96. The van der Waals surface area contributed by atoms with Crippen molar-refractivity contribution >= 4 is 11.3 Å². The van der Waals surface area contributed by atoms with Crippen LogP contribution < -0.4 is 5.73 Å². The van der Waals surface area contributed by atoms with Crippen LogP contribution in [0.25, 0.3) is 0 Å². The van der Waals surface area contributed by atoms with Gasteiger partial charge in [-0.15, -0.1) is 11.3 Å². The van der Waals surface area contributed by atoms with E-state index < -0.39 is 0 Å². The van der Waals surface area contributed by atoms with Gasteiger partial charge in [-0.1, -0.05) is 6.07 Å². The minimum Gasteiger partial charge on any atom is -0.379 e. The molecule has 0 saturated carbocycles. The molecule has 1 atom stereocenters. The lowest BCUT2D eigenvalue weighted by molar-refractivity contribution is -0.0134. The molecule has 0 amide bonds. The third kappa shape index (κ3) is 5.22. The van der Waals surface area contributed by atoms with Gasteiger partial charge in [0.1, 0.15) is 0 Å². The molecule has 0 radical (unpaired) electrons. The summed E-state index contributed by atoms with van der Waals surface area (Å²) >= 11 is 1.81. The lowest BCUT2D eigenvalue weighted by Gasteiger charge is -2.38. The molecule has 0 aliphatic heterocycles. The van der Waals surface area contributed by atoms with Crippen molar-refractivity contribution in [3.63, 3.8) is 0 Å². The van der Waals surface area contributed by atoms with Gasteiger partial charge in [-0.2, -0.15) is 0 Å². The summed E-state index contributed by atoms with van der Waals surface area (Å²) in [6, 6.07) is 5.12. The molecule has 1 unspecified atom stereocenters. The Hall–Kier alpha value is -0.420. The second-order valence-electron chi connectivity index (χ2n) is 5.90. The maximum atomic E-state index is 6.01. The Morgan fingerprint density at radius 2 is 2.11 bits per heavy atom. The van der Waals surface area contributed by atoms with Crippen molar-refractivity contribution in [2.45, 2.75) is 58.3 Å². The van der Waals surface area contributed by atoms with Crippen molar-refractivity contribution < 1.29 is 4.74 Å². The van der Waals surface area contributed by atoms with Gasteiger partial charge < -0.3 is 10.5 Å². The normalized spacial score (nSPS) is 14.3. The highest BCUT2D eigenvalue weighted by Crippen LogP contribution is 2.23. The number of methoxy groups -OCH3 is 1. The molecule has 0 bridgehead atoms. The van der Waals surface area contributed by atoms with Crippen LogP contribution in [0.3, 0.4) is 0 Å². The van der Waals surface area contributed by atoms with Crippen LogP contribution >= 0.6 is 11.3 Å². The van der Waals surface area contributed by atoms with Gasteiger partial charge in [0.25, 0.3) is 0 Å². The molecular formula is C15H28N2OS. The Kier molecular flexibility index (Phi) is 6.47. The van der Waals surface area contributed by atoms with Crippen LogP contribution in [-0.2, 0) is 11.3 Å². The van der Waals surface area contributed by atoms with Gasteiger partial charge in [-0.05, 0) is 45.6 Å². The summed E-state index contributed by atoms with van der Waals surface area (Å²) in [5.74, 6) is 0. The molecule has 1 aromatic rings. The van der Waals surface area contributed by atoms with Gasteiger partial charge in [0, 0.05) is 37.2 Å². The van der Waals surface area contributed by atoms with Gasteiger partial charge in [0.2, 0.25) is 0 Å². The first-order valence-electron chi connectivity index (χ1n) is 6.93. The largest absolute Gasteiger partial charge is 0.379 e. The van der Waals surface area contributed by atoms with Crippen LogP contribution in [0.15, 0.2) is 17.5 Å². The molecule has 2 N–H and O–H groups in total.